The molecule has 0 fully saturated rings. The lowest BCUT2D eigenvalue weighted by molar-refractivity contribution is 0.0942. The van der Waals surface area contributed by atoms with Gasteiger partial charge in [-0.15, -0.1) is 0 Å². The van der Waals surface area contributed by atoms with Crippen molar-refractivity contribution in [2.24, 2.45) is 0 Å². The minimum Gasteiger partial charge on any atom is -0.346 e. The van der Waals surface area contributed by atoms with E-state index in [4.69, 9.17) is 11.6 Å². The fraction of sp³-hybridized carbons (Fsp3) is 0.0667. The van der Waals surface area contributed by atoms with Gasteiger partial charge in [0.25, 0.3) is 5.91 Å². The summed E-state index contributed by atoms with van der Waals surface area (Å²) in [6.45, 7) is 0.0475. The molecule has 0 radical (unpaired) electrons. The first-order valence-corrected chi connectivity index (χ1v) is 6.78. The lowest BCUT2D eigenvalue weighted by Crippen LogP contribution is -2.25. The van der Waals surface area contributed by atoms with Crippen molar-refractivity contribution in [3.05, 3.63) is 70.6 Å². The largest absolute Gasteiger partial charge is 0.346 e. The Labute approximate surface area is 129 Å². The van der Waals surface area contributed by atoms with Gasteiger partial charge in [0.2, 0.25) is 0 Å². The number of hydrogen-bond acceptors (Lipinski definition) is 2. The summed E-state index contributed by atoms with van der Waals surface area (Å²) in [4.78, 5) is 16.1. The van der Waals surface area contributed by atoms with E-state index >= 15 is 0 Å². The molecular formula is C15H10ClF2N3O. The lowest BCUT2D eigenvalue weighted by Gasteiger charge is -2.05. The molecule has 0 saturated carbocycles. The van der Waals surface area contributed by atoms with Gasteiger partial charge in [0, 0.05) is 12.4 Å². The first-order chi connectivity index (χ1) is 10.5. The first kappa shape index (κ1) is 14.5. The molecule has 0 saturated heterocycles. The van der Waals surface area contributed by atoms with Crippen LogP contribution in [-0.4, -0.2) is 15.3 Å². The van der Waals surface area contributed by atoms with Gasteiger partial charge in [-0.2, -0.15) is 0 Å². The van der Waals surface area contributed by atoms with Crippen molar-refractivity contribution in [1.82, 2.24) is 14.7 Å². The number of halogens is 3. The highest BCUT2D eigenvalue weighted by molar-refractivity contribution is 6.30. The van der Waals surface area contributed by atoms with Crippen LogP contribution in [0.25, 0.3) is 5.65 Å². The summed E-state index contributed by atoms with van der Waals surface area (Å²) in [6.07, 6.45) is 3.35. The van der Waals surface area contributed by atoms with Gasteiger partial charge >= 0.3 is 0 Å². The van der Waals surface area contributed by atoms with Gasteiger partial charge in [-0.3, -0.25) is 4.79 Å². The third-order valence-corrected chi connectivity index (χ3v) is 3.31. The molecule has 0 atom stereocenters. The van der Waals surface area contributed by atoms with Crippen molar-refractivity contribution in [1.29, 1.82) is 0 Å². The molecule has 1 aromatic carbocycles. The van der Waals surface area contributed by atoms with Crippen LogP contribution in [0.4, 0.5) is 8.78 Å². The maximum Gasteiger partial charge on any atom is 0.257 e. The number of nitrogens with one attached hydrogen (secondary N) is 1. The van der Waals surface area contributed by atoms with Crippen LogP contribution in [0.3, 0.4) is 0 Å². The van der Waals surface area contributed by atoms with E-state index in [2.05, 4.69) is 10.3 Å². The second kappa shape index (κ2) is 5.73. The van der Waals surface area contributed by atoms with Crippen LogP contribution >= 0.6 is 11.6 Å². The molecule has 0 unspecified atom stereocenters. The van der Waals surface area contributed by atoms with E-state index in [1.807, 2.05) is 0 Å². The molecule has 0 bridgehead atoms. The Kier molecular flexibility index (Phi) is 3.77. The van der Waals surface area contributed by atoms with E-state index in [0.29, 0.717) is 16.4 Å². The Morgan fingerprint density at radius 3 is 2.64 bits per heavy atom. The molecule has 3 aromatic rings. The van der Waals surface area contributed by atoms with Crippen LogP contribution in [0.5, 0.6) is 0 Å². The number of carbonyl (C=O) groups excluding carboxylic acids is 1. The van der Waals surface area contributed by atoms with Gasteiger partial charge in [0.05, 0.1) is 17.3 Å². The molecule has 2 heterocycles. The third-order valence-electron chi connectivity index (χ3n) is 3.08. The number of aromatic nitrogens is 2. The highest BCUT2D eigenvalue weighted by Gasteiger charge is 2.16. The summed E-state index contributed by atoms with van der Waals surface area (Å²) in [5.41, 5.74) is 0.604. The predicted molar refractivity (Wildman–Crippen MR) is 77.7 cm³/mol. The number of pyridine rings is 1. The minimum absolute atomic E-state index is 0.0475. The van der Waals surface area contributed by atoms with Crippen LogP contribution < -0.4 is 5.32 Å². The predicted octanol–water partition coefficient (Wildman–Crippen LogP) is 3.20. The number of rotatable bonds is 3. The molecule has 0 spiro atoms. The number of hydrogen-bond donors (Lipinski definition) is 1. The molecule has 0 aliphatic heterocycles. The van der Waals surface area contributed by atoms with Crippen molar-refractivity contribution < 1.29 is 13.6 Å². The highest BCUT2D eigenvalue weighted by Crippen LogP contribution is 2.13. The van der Waals surface area contributed by atoms with E-state index in [9.17, 15) is 13.6 Å². The van der Waals surface area contributed by atoms with E-state index < -0.39 is 23.1 Å². The maximum atomic E-state index is 13.5. The zero-order valence-electron chi connectivity index (χ0n) is 11.2. The van der Waals surface area contributed by atoms with Gasteiger partial charge in [0.1, 0.15) is 22.8 Å². The summed E-state index contributed by atoms with van der Waals surface area (Å²) in [6, 6.07) is 6.69. The second-order valence-electron chi connectivity index (χ2n) is 4.62. The molecule has 1 N–H and O–H groups in total. The molecule has 3 rings (SSSR count). The number of carbonyl (C=O) groups is 1. The quantitative estimate of drug-likeness (QED) is 0.805. The van der Waals surface area contributed by atoms with Crippen LogP contribution in [0.1, 0.15) is 16.1 Å². The number of imidazole rings is 1. The molecule has 22 heavy (non-hydrogen) atoms. The van der Waals surface area contributed by atoms with Gasteiger partial charge in [0.15, 0.2) is 0 Å². The van der Waals surface area contributed by atoms with Crippen LogP contribution in [0.15, 0.2) is 42.7 Å². The first-order valence-electron chi connectivity index (χ1n) is 6.40. The molecule has 7 heteroatoms. The molecule has 0 aliphatic rings. The van der Waals surface area contributed by atoms with Crippen LogP contribution in [0, 0.1) is 11.6 Å². The average molecular weight is 322 g/mol. The standard InChI is InChI=1S/C15H10ClF2N3O/c16-9-4-5-13-20-10(8-21(13)7-9)6-19-15(22)14-11(17)2-1-3-12(14)18/h1-5,7-8H,6H2,(H,19,22). The fourth-order valence-corrected chi connectivity index (χ4v) is 2.24. The van der Waals surface area contributed by atoms with Crippen molar-refractivity contribution in [3.63, 3.8) is 0 Å². The Bertz CT molecular complexity index is 843. The molecule has 0 aliphatic carbocycles. The fourth-order valence-electron chi connectivity index (χ4n) is 2.08. The summed E-state index contributed by atoms with van der Waals surface area (Å²) in [7, 11) is 0. The zero-order chi connectivity index (χ0) is 15.7. The Morgan fingerprint density at radius 2 is 1.91 bits per heavy atom. The molecule has 4 nitrogen and oxygen atoms in total. The Hall–Kier alpha value is -2.47. The maximum absolute atomic E-state index is 13.5. The number of fused-ring (bicyclic) bond motifs is 1. The monoisotopic (exact) mass is 321 g/mol. The molecule has 1 amide bonds. The number of amides is 1. The van der Waals surface area contributed by atoms with Crippen molar-refractivity contribution >= 4 is 23.2 Å². The minimum atomic E-state index is -0.903. The van der Waals surface area contributed by atoms with Crippen LogP contribution in [0.2, 0.25) is 5.02 Å². The van der Waals surface area contributed by atoms with Gasteiger partial charge < -0.3 is 9.72 Å². The highest BCUT2D eigenvalue weighted by atomic mass is 35.5. The third kappa shape index (κ3) is 2.78. The Morgan fingerprint density at radius 1 is 1.18 bits per heavy atom. The molecule has 2 aromatic heterocycles. The normalized spacial score (nSPS) is 10.9. The van der Waals surface area contributed by atoms with Gasteiger partial charge in [-0.05, 0) is 24.3 Å². The smallest absolute Gasteiger partial charge is 0.257 e. The lowest BCUT2D eigenvalue weighted by atomic mass is 10.2. The van der Waals surface area contributed by atoms with E-state index in [-0.39, 0.29) is 6.54 Å². The summed E-state index contributed by atoms with van der Waals surface area (Å²) >= 11 is 5.87. The zero-order valence-corrected chi connectivity index (χ0v) is 11.9. The van der Waals surface area contributed by atoms with Gasteiger partial charge in [-0.25, -0.2) is 13.8 Å². The summed E-state index contributed by atoms with van der Waals surface area (Å²) in [5, 5.41) is 2.99. The second-order valence-corrected chi connectivity index (χ2v) is 5.06. The van der Waals surface area contributed by atoms with Crippen molar-refractivity contribution in [2.45, 2.75) is 6.54 Å². The molecule has 112 valence electrons. The topological polar surface area (TPSA) is 46.4 Å². The van der Waals surface area contributed by atoms with Crippen LogP contribution in [-0.2, 0) is 6.54 Å². The van der Waals surface area contributed by atoms with E-state index in [1.165, 1.54) is 6.07 Å². The SMILES string of the molecule is O=C(NCc1cn2cc(Cl)ccc2n1)c1c(F)cccc1F. The van der Waals surface area contributed by atoms with E-state index in [0.717, 1.165) is 12.1 Å². The summed E-state index contributed by atoms with van der Waals surface area (Å²) in [5.74, 6) is -2.63. The van der Waals surface area contributed by atoms with Crippen molar-refractivity contribution in [2.75, 3.05) is 0 Å². The molecular weight excluding hydrogens is 312 g/mol. The number of benzene rings is 1. The van der Waals surface area contributed by atoms with Crippen molar-refractivity contribution in [3.8, 4) is 0 Å². The number of nitrogens with zero attached hydrogens (tertiary/aromatic N) is 2. The summed E-state index contributed by atoms with van der Waals surface area (Å²) < 4.78 is 28.7. The average Bonchev–Trinajstić information content (AvgIpc) is 2.87. The Balaban J connectivity index is 1.77. The van der Waals surface area contributed by atoms with Gasteiger partial charge in [-0.1, -0.05) is 17.7 Å². The van der Waals surface area contributed by atoms with E-state index in [1.54, 1.807) is 28.9 Å².